The summed E-state index contributed by atoms with van der Waals surface area (Å²) in [7, 11) is -1.59. The van der Waals surface area contributed by atoms with Crippen LogP contribution in [0.25, 0.3) is 0 Å². The Morgan fingerprint density at radius 3 is 2.23 bits per heavy atom. The molecule has 0 unspecified atom stereocenters. The normalized spacial score (nSPS) is 17.3. The van der Waals surface area contributed by atoms with Gasteiger partial charge in [-0.1, -0.05) is 106 Å². The summed E-state index contributed by atoms with van der Waals surface area (Å²) in [6, 6.07) is 28.3. The van der Waals surface area contributed by atoms with Crippen LogP contribution in [-0.2, 0) is 30.7 Å². The Balaban J connectivity index is 1.49. The predicted molar refractivity (Wildman–Crippen MR) is 160 cm³/mol. The number of hydrogen-bond donors (Lipinski definition) is 1. The van der Waals surface area contributed by atoms with E-state index in [-0.39, 0.29) is 31.0 Å². The van der Waals surface area contributed by atoms with Crippen molar-refractivity contribution in [2.24, 2.45) is 0 Å². The smallest absolute Gasteiger partial charge is 0.407 e. The van der Waals surface area contributed by atoms with E-state index in [0.717, 1.165) is 35.2 Å². The van der Waals surface area contributed by atoms with Crippen molar-refractivity contribution in [1.29, 1.82) is 0 Å². The number of hydrogen-bond acceptors (Lipinski definition) is 5. The third-order valence-corrected chi connectivity index (χ3v) is 9.21. The zero-order valence-electron chi connectivity index (χ0n) is 24.1. The molecule has 1 heterocycles. The van der Waals surface area contributed by atoms with E-state index in [1.165, 1.54) is 5.56 Å². The van der Waals surface area contributed by atoms with Crippen molar-refractivity contribution in [2.75, 3.05) is 13.2 Å². The minimum atomic E-state index is -1.59. The van der Waals surface area contributed by atoms with Gasteiger partial charge in [-0.3, -0.25) is 0 Å². The molecule has 0 aromatic heterocycles. The SMILES string of the molecule is C[C@@H](O[C@@H]1CCCCO1)[C@@H](CO[Si](c1ccccc1)c1ccc(C(C)(C)C)cc1)NC(=O)OCc1ccccc1. The van der Waals surface area contributed by atoms with E-state index < -0.39 is 21.2 Å². The minimum absolute atomic E-state index is 0.0716. The van der Waals surface area contributed by atoms with Gasteiger partial charge in [-0.15, -0.1) is 0 Å². The molecule has 1 fully saturated rings. The van der Waals surface area contributed by atoms with Gasteiger partial charge in [0.1, 0.15) is 6.61 Å². The van der Waals surface area contributed by atoms with E-state index >= 15 is 0 Å². The van der Waals surface area contributed by atoms with Crippen molar-refractivity contribution in [3.63, 3.8) is 0 Å². The molecule has 1 radical (unpaired) electrons. The Kier molecular flexibility index (Phi) is 10.9. The molecule has 1 saturated heterocycles. The summed E-state index contributed by atoms with van der Waals surface area (Å²) in [4.78, 5) is 12.9. The van der Waals surface area contributed by atoms with E-state index in [1.807, 2.05) is 55.5 Å². The van der Waals surface area contributed by atoms with Crippen molar-refractivity contribution in [1.82, 2.24) is 5.32 Å². The monoisotopic (exact) mass is 560 g/mol. The first-order chi connectivity index (χ1) is 19.3. The van der Waals surface area contributed by atoms with Crippen LogP contribution in [0.15, 0.2) is 84.9 Å². The molecule has 0 saturated carbocycles. The number of carbonyl (C=O) groups excluding carboxylic acids is 1. The van der Waals surface area contributed by atoms with Crippen LogP contribution >= 0.6 is 0 Å². The van der Waals surface area contributed by atoms with Gasteiger partial charge in [-0.2, -0.15) is 0 Å². The predicted octanol–water partition coefficient (Wildman–Crippen LogP) is 5.33. The molecule has 0 bridgehead atoms. The van der Waals surface area contributed by atoms with Gasteiger partial charge in [-0.25, -0.2) is 4.79 Å². The standard InChI is InChI=1S/C33H42NO5Si/c1-25(39-31-17-11-12-22-36-31)30(34-32(35)37-23-26-13-7-5-8-14-26)24-38-40(28-15-9-6-10-16-28)29-20-18-27(19-21-29)33(2,3)4/h5-10,13-16,18-21,25,30-31H,11-12,17,22-24H2,1-4H3,(H,34,35)/t25-,30-,31-/m1/s1. The third-order valence-electron chi connectivity index (χ3n) is 7.04. The van der Waals surface area contributed by atoms with Gasteiger partial charge < -0.3 is 24.0 Å². The van der Waals surface area contributed by atoms with Crippen molar-refractivity contribution < 1.29 is 23.4 Å². The van der Waals surface area contributed by atoms with Crippen LogP contribution in [0.5, 0.6) is 0 Å². The molecular weight excluding hydrogens is 518 g/mol. The van der Waals surface area contributed by atoms with Crippen LogP contribution < -0.4 is 15.7 Å². The van der Waals surface area contributed by atoms with Crippen LogP contribution in [0.3, 0.4) is 0 Å². The second kappa shape index (κ2) is 14.6. The molecule has 6 nitrogen and oxygen atoms in total. The fourth-order valence-electron chi connectivity index (χ4n) is 4.58. The van der Waals surface area contributed by atoms with Crippen molar-refractivity contribution in [3.05, 3.63) is 96.1 Å². The van der Waals surface area contributed by atoms with Crippen LogP contribution in [0.1, 0.15) is 58.1 Å². The Morgan fingerprint density at radius 1 is 0.950 bits per heavy atom. The highest BCUT2D eigenvalue weighted by atomic mass is 28.3. The van der Waals surface area contributed by atoms with Gasteiger partial charge in [-0.05, 0) is 53.1 Å². The van der Waals surface area contributed by atoms with Gasteiger partial charge in [0.2, 0.25) is 0 Å². The zero-order valence-corrected chi connectivity index (χ0v) is 25.1. The van der Waals surface area contributed by atoms with Crippen LogP contribution in [0, 0.1) is 0 Å². The lowest BCUT2D eigenvalue weighted by Crippen LogP contribution is -2.52. The van der Waals surface area contributed by atoms with E-state index in [9.17, 15) is 4.79 Å². The first-order valence-electron chi connectivity index (χ1n) is 14.2. The molecule has 0 aliphatic carbocycles. The lowest BCUT2D eigenvalue weighted by atomic mass is 9.87. The van der Waals surface area contributed by atoms with Crippen molar-refractivity contribution in [3.8, 4) is 0 Å². The Hall–Kier alpha value is -2.97. The molecular formula is C33H42NO5Si. The number of carbonyl (C=O) groups is 1. The fraction of sp³-hybridized carbons (Fsp3) is 0.424. The Labute approximate surface area is 240 Å². The largest absolute Gasteiger partial charge is 0.445 e. The van der Waals surface area contributed by atoms with Crippen LogP contribution in [-0.4, -0.2) is 46.8 Å². The topological polar surface area (TPSA) is 66.0 Å². The summed E-state index contributed by atoms with van der Waals surface area (Å²) >= 11 is 0. The van der Waals surface area contributed by atoms with Gasteiger partial charge in [0, 0.05) is 6.61 Å². The molecule has 7 heteroatoms. The van der Waals surface area contributed by atoms with Crippen LogP contribution in [0.4, 0.5) is 4.79 Å². The van der Waals surface area contributed by atoms with Gasteiger partial charge >= 0.3 is 6.09 Å². The molecule has 0 spiro atoms. The molecule has 3 aromatic carbocycles. The molecule has 3 aromatic rings. The van der Waals surface area contributed by atoms with E-state index in [4.69, 9.17) is 18.6 Å². The summed E-state index contributed by atoms with van der Waals surface area (Å²) < 4.78 is 24.3. The second-order valence-corrected chi connectivity index (χ2v) is 13.4. The molecule has 213 valence electrons. The molecule has 1 N–H and O–H groups in total. The summed E-state index contributed by atoms with van der Waals surface area (Å²) in [5.41, 5.74) is 2.28. The van der Waals surface area contributed by atoms with Gasteiger partial charge in [0.05, 0.1) is 18.8 Å². The summed E-state index contributed by atoms with van der Waals surface area (Å²) in [5, 5.41) is 5.31. The summed E-state index contributed by atoms with van der Waals surface area (Å²) in [6.07, 6.45) is 1.83. The first kappa shape index (κ1) is 30.0. The Bertz CT molecular complexity index is 1160. The lowest BCUT2D eigenvalue weighted by molar-refractivity contribution is -0.190. The highest BCUT2D eigenvalue weighted by Crippen LogP contribution is 2.21. The molecule has 1 aliphatic rings. The van der Waals surface area contributed by atoms with Crippen molar-refractivity contribution >= 4 is 25.5 Å². The number of rotatable bonds is 11. The maximum Gasteiger partial charge on any atom is 0.407 e. The number of nitrogens with one attached hydrogen (secondary N) is 1. The number of alkyl carbamates (subject to hydrolysis) is 1. The van der Waals surface area contributed by atoms with Gasteiger partial charge in [0.25, 0.3) is 9.04 Å². The maximum absolute atomic E-state index is 12.9. The highest BCUT2D eigenvalue weighted by Gasteiger charge is 2.29. The molecule has 4 rings (SSSR count). The first-order valence-corrected chi connectivity index (χ1v) is 15.6. The summed E-state index contributed by atoms with van der Waals surface area (Å²) in [6.45, 7) is 9.76. The summed E-state index contributed by atoms with van der Waals surface area (Å²) in [5.74, 6) is 0. The Morgan fingerprint density at radius 2 is 1.60 bits per heavy atom. The van der Waals surface area contributed by atoms with E-state index in [0.29, 0.717) is 6.61 Å². The second-order valence-electron chi connectivity index (χ2n) is 11.3. The van der Waals surface area contributed by atoms with E-state index in [2.05, 4.69) is 62.5 Å². The van der Waals surface area contributed by atoms with E-state index in [1.54, 1.807) is 0 Å². The third kappa shape index (κ3) is 9.03. The number of amides is 1. The maximum atomic E-state index is 12.9. The zero-order chi connectivity index (χ0) is 28.4. The minimum Gasteiger partial charge on any atom is -0.445 e. The van der Waals surface area contributed by atoms with Gasteiger partial charge in [0.15, 0.2) is 6.29 Å². The highest BCUT2D eigenvalue weighted by molar-refractivity contribution is 6.80. The number of ether oxygens (including phenoxy) is 3. The average Bonchev–Trinajstić information content (AvgIpc) is 2.97. The quantitative estimate of drug-likeness (QED) is 0.321. The molecule has 3 atom stereocenters. The van der Waals surface area contributed by atoms with Crippen LogP contribution in [0.2, 0.25) is 0 Å². The average molecular weight is 561 g/mol. The molecule has 1 aliphatic heterocycles. The van der Waals surface area contributed by atoms with Crippen molar-refractivity contribution in [2.45, 2.75) is 77.4 Å². The fourth-order valence-corrected chi connectivity index (χ4v) is 6.56. The molecule has 40 heavy (non-hydrogen) atoms. The molecule has 1 amide bonds. The number of benzene rings is 3. The lowest BCUT2D eigenvalue weighted by Gasteiger charge is -2.31.